The smallest absolute Gasteiger partial charge is 0.147 e. The highest BCUT2D eigenvalue weighted by atomic mass is 79.9. The number of hydrogen-bond acceptors (Lipinski definition) is 1. The van der Waals surface area contributed by atoms with E-state index in [1.54, 1.807) is 6.07 Å². The van der Waals surface area contributed by atoms with Gasteiger partial charge in [-0.15, -0.1) is 11.6 Å². The monoisotopic (exact) mass is 278 g/mol. The summed E-state index contributed by atoms with van der Waals surface area (Å²) in [5.74, 6) is -0.0403. The van der Waals surface area contributed by atoms with E-state index in [1.807, 2.05) is 0 Å². The minimum absolute atomic E-state index is 0.0583. The summed E-state index contributed by atoms with van der Waals surface area (Å²) < 4.78 is 12.8. The van der Waals surface area contributed by atoms with E-state index < -0.39 is 0 Å². The molecule has 1 rings (SSSR count). The first kappa shape index (κ1) is 11.7. The van der Waals surface area contributed by atoms with Crippen LogP contribution in [0.3, 0.4) is 0 Å². The van der Waals surface area contributed by atoms with Gasteiger partial charge in [-0.1, -0.05) is 22.0 Å². The number of ketones is 1. The van der Waals surface area contributed by atoms with Crippen LogP contribution in [0.25, 0.3) is 0 Å². The number of alkyl halides is 2. The van der Waals surface area contributed by atoms with Gasteiger partial charge in [0.25, 0.3) is 0 Å². The van der Waals surface area contributed by atoms with Gasteiger partial charge in [-0.05, 0) is 23.3 Å². The molecule has 0 amide bonds. The van der Waals surface area contributed by atoms with Gasteiger partial charge in [0.05, 0.1) is 5.33 Å². The van der Waals surface area contributed by atoms with Crippen molar-refractivity contribution in [2.75, 3.05) is 5.33 Å². The fraction of sp³-hybridized carbons (Fsp3) is 0.300. The summed E-state index contributed by atoms with van der Waals surface area (Å²) in [5, 5.41) is 0.312. The highest BCUT2D eigenvalue weighted by Crippen LogP contribution is 2.15. The Morgan fingerprint density at radius 2 is 2.14 bits per heavy atom. The Kier molecular flexibility index (Phi) is 4.55. The molecule has 76 valence electrons. The molecule has 0 aliphatic rings. The van der Waals surface area contributed by atoms with Crippen molar-refractivity contribution in [1.82, 2.24) is 0 Å². The van der Waals surface area contributed by atoms with Crippen LogP contribution in [0.15, 0.2) is 18.2 Å². The van der Waals surface area contributed by atoms with Crippen LogP contribution in [0.1, 0.15) is 11.1 Å². The Hall–Kier alpha value is -0.410. The topological polar surface area (TPSA) is 17.1 Å². The van der Waals surface area contributed by atoms with Gasteiger partial charge in [-0.25, -0.2) is 4.39 Å². The third-order valence-electron chi connectivity index (χ3n) is 1.85. The van der Waals surface area contributed by atoms with E-state index in [-0.39, 0.29) is 17.5 Å². The minimum atomic E-state index is -0.323. The Morgan fingerprint density at radius 1 is 1.43 bits per heavy atom. The van der Waals surface area contributed by atoms with E-state index >= 15 is 0 Å². The van der Waals surface area contributed by atoms with Crippen molar-refractivity contribution in [2.24, 2.45) is 0 Å². The molecule has 0 aliphatic carbocycles. The molecule has 1 aromatic carbocycles. The molecule has 0 aromatic heterocycles. The number of carbonyl (C=O) groups excluding carboxylic acids is 1. The minimum Gasteiger partial charge on any atom is -0.298 e. The van der Waals surface area contributed by atoms with Crippen LogP contribution >= 0.6 is 27.5 Å². The third kappa shape index (κ3) is 3.07. The summed E-state index contributed by atoms with van der Waals surface area (Å²) in [4.78, 5) is 11.2. The molecule has 0 saturated carbocycles. The van der Waals surface area contributed by atoms with Crippen molar-refractivity contribution in [3.8, 4) is 0 Å². The normalized spacial score (nSPS) is 10.2. The van der Waals surface area contributed by atoms with Crippen LogP contribution in [0.2, 0.25) is 0 Å². The van der Waals surface area contributed by atoms with Crippen LogP contribution in [0.5, 0.6) is 0 Å². The molecule has 0 N–H and O–H groups in total. The van der Waals surface area contributed by atoms with Crippen LogP contribution in [-0.4, -0.2) is 11.1 Å². The number of hydrogen-bond donors (Lipinski definition) is 0. The zero-order chi connectivity index (χ0) is 10.6. The van der Waals surface area contributed by atoms with Gasteiger partial charge in [-0.2, -0.15) is 0 Å². The summed E-state index contributed by atoms with van der Waals surface area (Å²) in [6, 6.07) is 4.31. The summed E-state index contributed by atoms with van der Waals surface area (Å²) in [6.07, 6.45) is 0.299. The molecule has 0 heterocycles. The van der Waals surface area contributed by atoms with Crippen molar-refractivity contribution in [2.45, 2.75) is 12.3 Å². The zero-order valence-electron chi connectivity index (χ0n) is 7.40. The second kappa shape index (κ2) is 5.47. The van der Waals surface area contributed by atoms with E-state index in [9.17, 15) is 9.18 Å². The standard InChI is InChI=1S/C10H9BrClFO/c11-5-10(14)4-7-1-2-9(13)3-8(7)6-12/h1-3H,4-6H2. The van der Waals surface area contributed by atoms with Crippen LogP contribution < -0.4 is 0 Å². The van der Waals surface area contributed by atoms with Gasteiger partial charge in [0.15, 0.2) is 0 Å². The largest absolute Gasteiger partial charge is 0.298 e. The molecule has 4 heteroatoms. The van der Waals surface area contributed by atoms with E-state index in [0.717, 1.165) is 5.56 Å². The number of Topliss-reactive ketones (excluding diaryl/α,β-unsaturated/α-hetero) is 1. The molecule has 0 spiro atoms. The maximum Gasteiger partial charge on any atom is 0.147 e. The van der Waals surface area contributed by atoms with Crippen molar-refractivity contribution in [1.29, 1.82) is 0 Å². The lowest BCUT2D eigenvalue weighted by molar-refractivity contribution is -0.115. The van der Waals surface area contributed by atoms with E-state index in [2.05, 4.69) is 15.9 Å². The molecular weight excluding hydrogens is 270 g/mol. The first-order chi connectivity index (χ1) is 6.67. The van der Waals surface area contributed by atoms with Crippen molar-refractivity contribution in [3.63, 3.8) is 0 Å². The summed E-state index contributed by atoms with van der Waals surface area (Å²) >= 11 is 8.72. The molecule has 0 saturated heterocycles. The number of halogens is 3. The molecule has 1 aromatic rings. The molecular formula is C10H9BrClFO. The molecule has 0 bridgehead atoms. The molecule has 0 aliphatic heterocycles. The average molecular weight is 280 g/mol. The third-order valence-corrected chi connectivity index (χ3v) is 2.76. The average Bonchev–Trinajstić information content (AvgIpc) is 2.20. The fourth-order valence-electron chi connectivity index (χ4n) is 1.15. The highest BCUT2D eigenvalue weighted by Gasteiger charge is 2.07. The summed E-state index contributed by atoms with van der Waals surface area (Å²) in [5.41, 5.74) is 1.48. The zero-order valence-corrected chi connectivity index (χ0v) is 9.74. The maximum atomic E-state index is 12.8. The lowest BCUT2D eigenvalue weighted by Crippen LogP contribution is -2.05. The Labute approximate surface area is 95.4 Å². The van der Waals surface area contributed by atoms with Crippen LogP contribution in [-0.2, 0) is 17.1 Å². The summed E-state index contributed by atoms with van der Waals surface area (Å²) in [7, 11) is 0. The van der Waals surface area contributed by atoms with Crippen LogP contribution in [0, 0.1) is 5.82 Å². The van der Waals surface area contributed by atoms with Gasteiger partial charge in [0.2, 0.25) is 0 Å². The lowest BCUT2D eigenvalue weighted by Gasteiger charge is -2.05. The first-order valence-corrected chi connectivity index (χ1v) is 5.74. The number of carbonyl (C=O) groups is 1. The molecule has 1 nitrogen and oxygen atoms in total. The van der Waals surface area contributed by atoms with E-state index in [1.165, 1.54) is 12.1 Å². The van der Waals surface area contributed by atoms with Gasteiger partial charge in [-0.3, -0.25) is 4.79 Å². The number of rotatable bonds is 4. The molecule has 14 heavy (non-hydrogen) atoms. The molecule has 0 radical (unpaired) electrons. The van der Waals surface area contributed by atoms with Gasteiger partial charge >= 0.3 is 0 Å². The predicted molar refractivity (Wildman–Crippen MR) is 58.5 cm³/mol. The quantitative estimate of drug-likeness (QED) is 0.774. The highest BCUT2D eigenvalue weighted by molar-refractivity contribution is 9.09. The first-order valence-electron chi connectivity index (χ1n) is 4.08. The van der Waals surface area contributed by atoms with Crippen molar-refractivity contribution in [3.05, 3.63) is 35.1 Å². The van der Waals surface area contributed by atoms with Crippen molar-refractivity contribution < 1.29 is 9.18 Å². The molecule has 0 fully saturated rings. The lowest BCUT2D eigenvalue weighted by atomic mass is 10.0. The Bertz CT molecular complexity index is 341. The van der Waals surface area contributed by atoms with E-state index in [4.69, 9.17) is 11.6 Å². The predicted octanol–water partition coefficient (Wildman–Crippen LogP) is 3.07. The number of benzene rings is 1. The second-order valence-corrected chi connectivity index (χ2v) is 3.72. The fourth-order valence-corrected chi connectivity index (χ4v) is 1.60. The molecule has 0 atom stereocenters. The molecule has 0 unspecified atom stereocenters. The van der Waals surface area contributed by atoms with Gasteiger partial charge in [0, 0.05) is 12.3 Å². The van der Waals surface area contributed by atoms with Crippen molar-refractivity contribution >= 4 is 33.3 Å². The maximum absolute atomic E-state index is 12.8. The second-order valence-electron chi connectivity index (χ2n) is 2.90. The van der Waals surface area contributed by atoms with E-state index in [0.29, 0.717) is 17.3 Å². The van der Waals surface area contributed by atoms with Gasteiger partial charge < -0.3 is 0 Å². The summed E-state index contributed by atoms with van der Waals surface area (Å²) in [6.45, 7) is 0. The Morgan fingerprint density at radius 3 is 2.71 bits per heavy atom. The van der Waals surface area contributed by atoms with Gasteiger partial charge in [0.1, 0.15) is 11.6 Å². The van der Waals surface area contributed by atoms with Crippen LogP contribution in [0.4, 0.5) is 4.39 Å². The SMILES string of the molecule is O=C(CBr)Cc1ccc(F)cc1CCl. The Balaban J connectivity index is 2.90.